The van der Waals surface area contributed by atoms with Gasteiger partial charge in [-0.3, -0.25) is 4.79 Å². The molecule has 1 amide bonds. The molecule has 0 saturated heterocycles. The Balaban J connectivity index is 1.52. The summed E-state index contributed by atoms with van der Waals surface area (Å²) in [5.41, 5.74) is 0.516. The molecule has 0 fully saturated rings. The lowest BCUT2D eigenvalue weighted by molar-refractivity contribution is -0.136. The summed E-state index contributed by atoms with van der Waals surface area (Å²) in [7, 11) is 0. The lowest BCUT2D eigenvalue weighted by atomic mass is 10.2. The summed E-state index contributed by atoms with van der Waals surface area (Å²) in [5.74, 6) is -3.07. The molecule has 3 rings (SSSR count). The zero-order valence-electron chi connectivity index (χ0n) is 14.5. The summed E-state index contributed by atoms with van der Waals surface area (Å²) >= 11 is 0.921. The van der Waals surface area contributed by atoms with E-state index in [2.05, 4.69) is 15.3 Å². The number of nitrogens with zero attached hydrogens (tertiary/aromatic N) is 2. The second-order valence-corrected chi connectivity index (χ2v) is 6.31. The van der Waals surface area contributed by atoms with Crippen LogP contribution in [0.15, 0.2) is 48.1 Å². The number of benzene rings is 1. The highest BCUT2D eigenvalue weighted by molar-refractivity contribution is 7.12. The molecule has 0 atom stereocenters. The van der Waals surface area contributed by atoms with Crippen LogP contribution in [0.3, 0.4) is 0 Å². The van der Waals surface area contributed by atoms with E-state index < -0.39 is 30.3 Å². The van der Waals surface area contributed by atoms with Crippen LogP contribution < -0.4 is 14.8 Å². The van der Waals surface area contributed by atoms with Crippen molar-refractivity contribution in [2.75, 3.05) is 11.9 Å². The number of thiophene rings is 1. The van der Waals surface area contributed by atoms with Gasteiger partial charge in [0.05, 0.1) is 5.56 Å². The van der Waals surface area contributed by atoms with Crippen molar-refractivity contribution in [1.29, 1.82) is 0 Å². The zero-order valence-corrected chi connectivity index (χ0v) is 15.3. The normalized spacial score (nSPS) is 10.2. The Kier molecular flexibility index (Phi) is 6.09. The Morgan fingerprint density at radius 2 is 1.79 bits per heavy atom. The summed E-state index contributed by atoms with van der Waals surface area (Å²) in [6, 6.07) is 6.40. The number of aromatic nitrogens is 2. The van der Waals surface area contributed by atoms with Crippen LogP contribution >= 0.6 is 11.3 Å². The SMILES string of the molecule is O=C(COc1ncc(C(=O)Nc2ccc(F)cc2)cn1)Oc1ccsc1C(=O)O. The average molecular weight is 417 g/mol. The van der Waals surface area contributed by atoms with Gasteiger partial charge in [0, 0.05) is 18.1 Å². The molecule has 0 unspecified atom stereocenters. The number of carbonyl (C=O) groups is 3. The molecule has 0 bridgehead atoms. The topological polar surface area (TPSA) is 128 Å². The number of halogens is 1. The van der Waals surface area contributed by atoms with Crippen LogP contribution in [0.4, 0.5) is 10.1 Å². The lowest BCUT2D eigenvalue weighted by Crippen LogP contribution is -2.19. The number of carbonyl (C=O) groups excluding carboxylic acids is 2. The molecular weight excluding hydrogens is 405 g/mol. The van der Waals surface area contributed by atoms with Gasteiger partial charge in [0.15, 0.2) is 17.2 Å². The molecule has 2 N–H and O–H groups in total. The van der Waals surface area contributed by atoms with Crippen LogP contribution in [-0.2, 0) is 4.79 Å². The van der Waals surface area contributed by atoms with Crippen molar-refractivity contribution in [3.8, 4) is 11.8 Å². The number of carboxylic acid groups (broad SMARTS) is 1. The number of aromatic carboxylic acids is 1. The molecular formula is C18H12FN3O6S. The highest BCUT2D eigenvalue weighted by Gasteiger charge is 2.17. The van der Waals surface area contributed by atoms with Crippen molar-refractivity contribution < 1.29 is 33.4 Å². The van der Waals surface area contributed by atoms with Crippen LogP contribution in [-0.4, -0.2) is 39.5 Å². The number of amides is 1. The summed E-state index contributed by atoms with van der Waals surface area (Å²) in [6.45, 7) is -0.559. The largest absolute Gasteiger partial charge is 0.477 e. The highest BCUT2D eigenvalue weighted by Crippen LogP contribution is 2.24. The van der Waals surface area contributed by atoms with Gasteiger partial charge < -0.3 is 19.9 Å². The molecule has 29 heavy (non-hydrogen) atoms. The predicted octanol–water partition coefficient (Wildman–Crippen LogP) is 2.61. The van der Waals surface area contributed by atoms with Gasteiger partial charge in [-0.1, -0.05) is 0 Å². The zero-order chi connectivity index (χ0) is 20.8. The fourth-order valence-corrected chi connectivity index (χ4v) is 2.71. The minimum absolute atomic E-state index is 0.0789. The number of hydrogen-bond acceptors (Lipinski definition) is 8. The van der Waals surface area contributed by atoms with Gasteiger partial charge in [-0.25, -0.2) is 23.9 Å². The first kappa shape index (κ1) is 19.9. The quantitative estimate of drug-likeness (QED) is 0.562. The van der Waals surface area contributed by atoms with Gasteiger partial charge in [0.25, 0.3) is 5.91 Å². The third-order valence-corrected chi connectivity index (χ3v) is 4.24. The second kappa shape index (κ2) is 8.89. The first-order valence-corrected chi connectivity index (χ1v) is 8.83. The summed E-state index contributed by atoms with van der Waals surface area (Å²) in [6.07, 6.45) is 2.38. The monoisotopic (exact) mass is 417 g/mol. The summed E-state index contributed by atoms with van der Waals surface area (Å²) < 4.78 is 22.9. The van der Waals surface area contributed by atoms with Crippen molar-refractivity contribution in [3.63, 3.8) is 0 Å². The standard InChI is InChI=1S/C18H12FN3O6S/c19-11-1-3-12(4-2-11)22-16(24)10-7-20-18(21-8-10)27-9-14(23)28-13-5-6-29-15(13)17(25)26/h1-8H,9H2,(H,22,24)(H,25,26). The molecule has 9 nitrogen and oxygen atoms in total. The maximum absolute atomic E-state index is 12.9. The van der Waals surface area contributed by atoms with Crippen LogP contribution in [0.1, 0.15) is 20.0 Å². The molecule has 0 aliphatic carbocycles. The first-order valence-electron chi connectivity index (χ1n) is 7.95. The molecule has 1 aromatic carbocycles. The highest BCUT2D eigenvalue weighted by atomic mass is 32.1. The number of esters is 1. The van der Waals surface area contributed by atoms with Gasteiger partial charge in [0.1, 0.15) is 5.82 Å². The van der Waals surface area contributed by atoms with E-state index in [4.69, 9.17) is 14.6 Å². The van der Waals surface area contributed by atoms with Crippen LogP contribution in [0.2, 0.25) is 0 Å². The Morgan fingerprint density at radius 1 is 1.10 bits per heavy atom. The Bertz CT molecular complexity index is 1040. The van der Waals surface area contributed by atoms with E-state index in [1.807, 2.05) is 0 Å². The van der Waals surface area contributed by atoms with Gasteiger partial charge >= 0.3 is 17.9 Å². The number of ether oxygens (including phenoxy) is 2. The fourth-order valence-electron chi connectivity index (χ4n) is 2.05. The Labute approximate surface area is 166 Å². The first-order chi connectivity index (χ1) is 13.9. The average Bonchev–Trinajstić information content (AvgIpc) is 3.17. The third-order valence-electron chi connectivity index (χ3n) is 3.36. The van der Waals surface area contributed by atoms with E-state index in [1.165, 1.54) is 48.1 Å². The molecule has 0 aliphatic heterocycles. The molecule has 2 heterocycles. The van der Waals surface area contributed by atoms with E-state index in [0.717, 1.165) is 11.3 Å². The van der Waals surface area contributed by atoms with Crippen molar-refractivity contribution >= 4 is 34.9 Å². The number of carboxylic acids is 1. The van der Waals surface area contributed by atoms with E-state index in [9.17, 15) is 18.8 Å². The Hall–Kier alpha value is -3.86. The number of hydrogen-bond donors (Lipinski definition) is 2. The van der Waals surface area contributed by atoms with Crippen molar-refractivity contribution in [2.45, 2.75) is 0 Å². The van der Waals surface area contributed by atoms with Crippen molar-refractivity contribution in [1.82, 2.24) is 9.97 Å². The number of rotatable bonds is 7. The van der Waals surface area contributed by atoms with E-state index in [0.29, 0.717) is 5.69 Å². The summed E-state index contributed by atoms with van der Waals surface area (Å²) in [5, 5.41) is 13.0. The lowest BCUT2D eigenvalue weighted by Gasteiger charge is -2.07. The van der Waals surface area contributed by atoms with Crippen LogP contribution in [0.5, 0.6) is 11.8 Å². The van der Waals surface area contributed by atoms with E-state index in [-0.39, 0.29) is 22.2 Å². The molecule has 0 aliphatic rings. The fraction of sp³-hybridized carbons (Fsp3) is 0.0556. The molecule has 0 radical (unpaired) electrons. The number of nitrogens with one attached hydrogen (secondary N) is 1. The van der Waals surface area contributed by atoms with Gasteiger partial charge in [-0.2, -0.15) is 0 Å². The van der Waals surface area contributed by atoms with Gasteiger partial charge in [0.2, 0.25) is 0 Å². The molecule has 0 saturated carbocycles. The minimum Gasteiger partial charge on any atom is -0.477 e. The summed E-state index contributed by atoms with van der Waals surface area (Å²) in [4.78, 5) is 42.4. The molecule has 148 valence electrons. The van der Waals surface area contributed by atoms with Gasteiger partial charge in [-0.15, -0.1) is 11.3 Å². The Morgan fingerprint density at radius 3 is 2.45 bits per heavy atom. The van der Waals surface area contributed by atoms with Gasteiger partial charge in [-0.05, 0) is 35.7 Å². The predicted molar refractivity (Wildman–Crippen MR) is 98.8 cm³/mol. The van der Waals surface area contributed by atoms with E-state index >= 15 is 0 Å². The smallest absolute Gasteiger partial charge is 0.349 e. The maximum atomic E-state index is 12.9. The van der Waals surface area contributed by atoms with Crippen LogP contribution in [0, 0.1) is 5.82 Å². The van der Waals surface area contributed by atoms with Crippen molar-refractivity contribution in [3.05, 3.63) is 64.4 Å². The second-order valence-electron chi connectivity index (χ2n) is 5.40. The molecule has 3 aromatic rings. The van der Waals surface area contributed by atoms with Crippen LogP contribution in [0.25, 0.3) is 0 Å². The molecule has 2 aromatic heterocycles. The molecule has 0 spiro atoms. The maximum Gasteiger partial charge on any atom is 0.349 e. The molecule has 11 heteroatoms. The minimum atomic E-state index is -1.21. The number of anilines is 1. The van der Waals surface area contributed by atoms with E-state index in [1.54, 1.807) is 0 Å². The third kappa shape index (κ3) is 5.32. The van der Waals surface area contributed by atoms with Crippen molar-refractivity contribution in [2.24, 2.45) is 0 Å².